The molecule has 4 saturated carbocycles. The molecule has 2 aromatic heterocycles. The van der Waals surface area contributed by atoms with E-state index in [4.69, 9.17) is 10.1 Å². The Hall–Kier alpha value is -1.72. The van der Waals surface area contributed by atoms with Gasteiger partial charge in [-0.2, -0.15) is 10.2 Å². The molecule has 134 valence electrons. The van der Waals surface area contributed by atoms with Crippen LogP contribution in [0.4, 0.5) is 0 Å². The van der Waals surface area contributed by atoms with Crippen molar-refractivity contribution in [1.29, 1.82) is 0 Å². The van der Waals surface area contributed by atoms with Gasteiger partial charge in [0.15, 0.2) is 0 Å². The molecule has 4 aliphatic rings. The van der Waals surface area contributed by atoms with E-state index in [9.17, 15) is 0 Å². The maximum Gasteiger partial charge on any atom is 0.147 e. The Kier molecular flexibility index (Phi) is 3.35. The molecular weight excluding hydrogens is 312 g/mol. The van der Waals surface area contributed by atoms with Gasteiger partial charge in [-0.15, -0.1) is 0 Å². The van der Waals surface area contributed by atoms with Gasteiger partial charge in [0.05, 0.1) is 5.54 Å². The molecule has 0 amide bonds. The van der Waals surface area contributed by atoms with Crippen molar-refractivity contribution in [1.82, 2.24) is 29.5 Å². The molecule has 6 nitrogen and oxygen atoms in total. The van der Waals surface area contributed by atoms with E-state index in [1.807, 2.05) is 13.3 Å². The molecule has 0 spiro atoms. The largest absolute Gasteiger partial charge is 0.249 e. The lowest BCUT2D eigenvalue weighted by molar-refractivity contribution is -0.0730. The molecule has 4 aliphatic carbocycles. The average molecular weight is 340 g/mol. The molecule has 0 N–H and O–H groups in total. The van der Waals surface area contributed by atoms with E-state index in [1.165, 1.54) is 50.8 Å². The topological polar surface area (TPSA) is 61.4 Å². The van der Waals surface area contributed by atoms with Crippen molar-refractivity contribution < 1.29 is 0 Å². The molecule has 6 rings (SSSR count). The predicted molar refractivity (Wildman–Crippen MR) is 94.0 cm³/mol. The first-order valence-electron chi connectivity index (χ1n) is 9.89. The smallest absolute Gasteiger partial charge is 0.147 e. The van der Waals surface area contributed by atoms with Crippen LogP contribution in [-0.4, -0.2) is 29.5 Å². The van der Waals surface area contributed by atoms with Crippen LogP contribution in [0.2, 0.25) is 0 Å². The number of unbranched alkanes of at least 4 members (excludes halogenated alkanes) is 1. The summed E-state index contributed by atoms with van der Waals surface area (Å²) in [6.45, 7) is 5.29. The first-order chi connectivity index (χ1) is 12.1. The fourth-order valence-corrected chi connectivity index (χ4v) is 6.51. The molecule has 0 aromatic carbocycles. The van der Waals surface area contributed by atoms with Gasteiger partial charge in [-0.05, 0) is 63.7 Å². The molecule has 2 atom stereocenters. The van der Waals surface area contributed by atoms with Crippen LogP contribution in [0.25, 0.3) is 0 Å². The third kappa shape index (κ3) is 2.29. The Morgan fingerprint density at radius 1 is 1.20 bits per heavy atom. The summed E-state index contributed by atoms with van der Waals surface area (Å²) in [7, 11) is 0. The van der Waals surface area contributed by atoms with Crippen LogP contribution in [0.3, 0.4) is 0 Å². The molecule has 0 aliphatic heterocycles. The first kappa shape index (κ1) is 15.5. The van der Waals surface area contributed by atoms with E-state index < -0.39 is 0 Å². The zero-order valence-corrected chi connectivity index (χ0v) is 15.4. The highest BCUT2D eigenvalue weighted by molar-refractivity contribution is 5.22. The second kappa shape index (κ2) is 5.39. The predicted octanol–water partition coefficient (Wildman–Crippen LogP) is 3.23. The van der Waals surface area contributed by atoms with E-state index in [-0.39, 0.29) is 11.0 Å². The molecule has 25 heavy (non-hydrogen) atoms. The second-order valence-electron chi connectivity index (χ2n) is 8.87. The quantitative estimate of drug-likeness (QED) is 0.838. The Balaban J connectivity index is 1.58. The van der Waals surface area contributed by atoms with Gasteiger partial charge in [0.2, 0.25) is 0 Å². The lowest BCUT2D eigenvalue weighted by atomic mass is 9.46. The highest BCUT2D eigenvalue weighted by Gasteiger charge is 2.61. The molecule has 2 aromatic rings. The summed E-state index contributed by atoms with van der Waals surface area (Å²) >= 11 is 0. The third-order valence-electron chi connectivity index (χ3n) is 6.91. The van der Waals surface area contributed by atoms with Gasteiger partial charge in [0.1, 0.15) is 24.3 Å². The van der Waals surface area contributed by atoms with Crippen LogP contribution >= 0.6 is 0 Å². The summed E-state index contributed by atoms with van der Waals surface area (Å²) < 4.78 is 4.42. The number of hydrogen-bond donors (Lipinski definition) is 0. The normalized spacial score (nSPS) is 36.2. The van der Waals surface area contributed by atoms with Crippen LogP contribution in [0.5, 0.6) is 0 Å². The summed E-state index contributed by atoms with van der Waals surface area (Å²) in [4.78, 5) is 9.23. The minimum atomic E-state index is 0.149. The Morgan fingerprint density at radius 2 is 2.00 bits per heavy atom. The van der Waals surface area contributed by atoms with Crippen molar-refractivity contribution >= 4 is 0 Å². The van der Waals surface area contributed by atoms with E-state index in [1.54, 1.807) is 6.33 Å². The van der Waals surface area contributed by atoms with Crippen LogP contribution in [-0.2, 0) is 17.5 Å². The summed E-state index contributed by atoms with van der Waals surface area (Å²) in [6.07, 6.45) is 13.6. The third-order valence-corrected chi connectivity index (χ3v) is 6.91. The van der Waals surface area contributed by atoms with E-state index >= 15 is 0 Å². The van der Waals surface area contributed by atoms with Crippen molar-refractivity contribution in [2.45, 2.75) is 82.7 Å². The molecule has 0 radical (unpaired) electrons. The molecule has 4 bridgehead atoms. The van der Waals surface area contributed by atoms with Gasteiger partial charge in [-0.1, -0.05) is 13.3 Å². The highest BCUT2D eigenvalue weighted by Crippen LogP contribution is 2.64. The number of aromatic nitrogens is 6. The molecule has 0 unspecified atom stereocenters. The summed E-state index contributed by atoms with van der Waals surface area (Å²) in [5.41, 5.74) is 0.334. The minimum absolute atomic E-state index is 0.149. The van der Waals surface area contributed by atoms with Gasteiger partial charge in [-0.3, -0.25) is 0 Å². The van der Waals surface area contributed by atoms with Gasteiger partial charge >= 0.3 is 0 Å². The van der Waals surface area contributed by atoms with Crippen LogP contribution in [0.15, 0.2) is 12.7 Å². The monoisotopic (exact) mass is 340 g/mol. The van der Waals surface area contributed by atoms with Crippen LogP contribution < -0.4 is 0 Å². The molecular formula is C19H28N6. The van der Waals surface area contributed by atoms with Crippen LogP contribution in [0.1, 0.15) is 69.9 Å². The maximum atomic E-state index is 4.97. The number of hydrogen-bond acceptors (Lipinski definition) is 4. The van der Waals surface area contributed by atoms with Gasteiger partial charge < -0.3 is 0 Å². The zero-order chi connectivity index (χ0) is 17.1. The number of rotatable bonds is 5. The van der Waals surface area contributed by atoms with E-state index in [0.717, 1.165) is 30.6 Å². The minimum Gasteiger partial charge on any atom is -0.249 e. The Labute approximate surface area is 149 Å². The van der Waals surface area contributed by atoms with Gasteiger partial charge in [0.25, 0.3) is 0 Å². The van der Waals surface area contributed by atoms with Crippen molar-refractivity contribution in [3.05, 3.63) is 24.3 Å². The van der Waals surface area contributed by atoms with E-state index in [2.05, 4.69) is 26.4 Å². The fourth-order valence-electron chi connectivity index (χ4n) is 6.51. The Bertz CT molecular complexity index is 747. The second-order valence-corrected chi connectivity index (χ2v) is 8.87. The standard InChI is InChI=1S/C19H28N6/c1-3-4-5-24-17(22-14(2)23-24)18-7-15-6-16(8-18)10-19(9-15,11-18)25-13-20-12-21-25/h12-13,15-16H,3-11H2,1-2H3/t15-,16-,18?,19?/m1/s1. The average Bonchev–Trinajstić information content (AvgIpc) is 3.22. The summed E-state index contributed by atoms with van der Waals surface area (Å²) in [6, 6.07) is 0. The zero-order valence-electron chi connectivity index (χ0n) is 15.4. The molecule has 6 heteroatoms. The Morgan fingerprint density at radius 3 is 2.68 bits per heavy atom. The fraction of sp³-hybridized carbons (Fsp3) is 0.789. The van der Waals surface area contributed by atoms with Crippen molar-refractivity contribution in [2.75, 3.05) is 0 Å². The van der Waals surface area contributed by atoms with E-state index in [0.29, 0.717) is 0 Å². The van der Waals surface area contributed by atoms with Gasteiger partial charge in [0, 0.05) is 12.0 Å². The summed E-state index contributed by atoms with van der Waals surface area (Å²) in [5, 5.41) is 9.33. The lowest BCUT2D eigenvalue weighted by Gasteiger charge is -2.61. The summed E-state index contributed by atoms with van der Waals surface area (Å²) in [5.74, 6) is 3.78. The molecule has 2 heterocycles. The SMILES string of the molecule is CCCCn1nc(C)nc1C12C[C@H]3C[C@H](C1)CC(n1cncn1)(C3)C2. The van der Waals surface area contributed by atoms with Crippen molar-refractivity contribution in [3.63, 3.8) is 0 Å². The first-order valence-corrected chi connectivity index (χ1v) is 9.89. The highest BCUT2D eigenvalue weighted by atomic mass is 15.4. The lowest BCUT2D eigenvalue weighted by Crippen LogP contribution is -2.59. The number of aryl methyl sites for hydroxylation is 2. The maximum absolute atomic E-state index is 4.97. The molecule has 4 fully saturated rings. The van der Waals surface area contributed by atoms with Gasteiger partial charge in [-0.25, -0.2) is 19.3 Å². The van der Waals surface area contributed by atoms with Crippen molar-refractivity contribution in [2.24, 2.45) is 11.8 Å². The number of nitrogens with zero attached hydrogens (tertiary/aromatic N) is 6. The van der Waals surface area contributed by atoms with Crippen molar-refractivity contribution in [3.8, 4) is 0 Å². The van der Waals surface area contributed by atoms with Crippen LogP contribution in [0, 0.1) is 18.8 Å². The molecule has 0 saturated heterocycles.